The van der Waals surface area contributed by atoms with E-state index in [0.29, 0.717) is 10.6 Å². The Morgan fingerprint density at radius 2 is 1.86 bits per heavy atom. The Hall–Kier alpha value is -1.78. The summed E-state index contributed by atoms with van der Waals surface area (Å²) in [6, 6.07) is 13.8. The number of esters is 1. The molecule has 0 bridgehead atoms. The van der Waals surface area contributed by atoms with Gasteiger partial charge in [-0.2, -0.15) is 0 Å². The van der Waals surface area contributed by atoms with Crippen molar-refractivity contribution >= 4 is 35.1 Å². The van der Waals surface area contributed by atoms with Gasteiger partial charge in [0.25, 0.3) is 0 Å². The molecule has 0 unspecified atom stereocenters. The largest absolute Gasteiger partial charge is 0.454 e. The molecule has 2 rings (SSSR count). The van der Waals surface area contributed by atoms with Gasteiger partial charge in [-0.1, -0.05) is 41.9 Å². The van der Waals surface area contributed by atoms with E-state index in [1.165, 1.54) is 11.8 Å². The molecule has 0 aromatic heterocycles. The van der Waals surface area contributed by atoms with Crippen molar-refractivity contribution in [2.75, 3.05) is 12.9 Å². The van der Waals surface area contributed by atoms with Crippen molar-refractivity contribution in [1.29, 1.82) is 0 Å². The molecule has 0 amide bonds. The van der Waals surface area contributed by atoms with E-state index in [1.54, 1.807) is 36.4 Å². The summed E-state index contributed by atoms with van der Waals surface area (Å²) in [7, 11) is 0. The van der Waals surface area contributed by atoms with Gasteiger partial charge in [-0.3, -0.25) is 4.79 Å². The van der Waals surface area contributed by atoms with Crippen LogP contribution in [0.1, 0.15) is 20.7 Å². The summed E-state index contributed by atoms with van der Waals surface area (Å²) in [5, 5.41) is 0.310. The maximum Gasteiger partial charge on any atom is 0.340 e. The minimum atomic E-state index is -0.597. The zero-order valence-corrected chi connectivity index (χ0v) is 12.9. The second-order valence-corrected chi connectivity index (χ2v) is 5.50. The van der Waals surface area contributed by atoms with Gasteiger partial charge in [-0.05, 0) is 24.5 Å². The Bertz CT molecular complexity index is 656. The number of hydrogen-bond acceptors (Lipinski definition) is 4. The topological polar surface area (TPSA) is 43.4 Å². The minimum absolute atomic E-state index is 0.249. The first-order valence-electron chi connectivity index (χ1n) is 6.20. The number of hydrogen-bond donors (Lipinski definition) is 0. The molecule has 0 aliphatic carbocycles. The number of thioether (sulfide) groups is 1. The summed E-state index contributed by atoms with van der Waals surface area (Å²) in [4.78, 5) is 24.8. The van der Waals surface area contributed by atoms with E-state index in [9.17, 15) is 9.59 Å². The average molecular weight is 321 g/mol. The number of benzene rings is 2. The first-order chi connectivity index (χ1) is 10.1. The minimum Gasteiger partial charge on any atom is -0.454 e. The fourth-order valence-corrected chi connectivity index (χ4v) is 2.34. The fourth-order valence-electron chi connectivity index (χ4n) is 1.70. The third-order valence-corrected chi connectivity index (χ3v) is 3.88. The molecule has 0 radical (unpaired) electrons. The van der Waals surface area contributed by atoms with E-state index in [0.717, 1.165) is 4.90 Å². The van der Waals surface area contributed by atoms with Crippen LogP contribution in [-0.4, -0.2) is 24.6 Å². The van der Waals surface area contributed by atoms with Gasteiger partial charge in [-0.15, -0.1) is 11.8 Å². The molecular weight excluding hydrogens is 308 g/mol. The molecule has 0 atom stereocenters. The number of ether oxygens (including phenoxy) is 1. The predicted octanol–water partition coefficient (Wildman–Crippen LogP) is 4.10. The number of rotatable bonds is 5. The molecule has 0 aliphatic rings. The third kappa shape index (κ3) is 4.09. The molecular formula is C16H13ClO3S. The van der Waals surface area contributed by atoms with Gasteiger partial charge in [0.05, 0.1) is 10.6 Å². The number of Topliss-reactive ketones (excluding diaryl/α,β-unsaturated/α-hetero) is 1. The molecule has 2 aromatic rings. The van der Waals surface area contributed by atoms with Gasteiger partial charge in [-0.25, -0.2) is 4.79 Å². The number of carbonyl (C=O) groups is 2. The normalized spacial score (nSPS) is 10.2. The molecule has 108 valence electrons. The van der Waals surface area contributed by atoms with Crippen LogP contribution in [0.5, 0.6) is 0 Å². The van der Waals surface area contributed by atoms with Crippen LogP contribution in [0.4, 0.5) is 0 Å². The highest BCUT2D eigenvalue weighted by Gasteiger charge is 2.15. The Labute approximate surface area is 132 Å². The van der Waals surface area contributed by atoms with Gasteiger partial charge in [0, 0.05) is 10.5 Å². The number of halogens is 1. The van der Waals surface area contributed by atoms with Crippen LogP contribution >= 0.6 is 23.4 Å². The van der Waals surface area contributed by atoms with Crippen LogP contribution < -0.4 is 0 Å². The van der Waals surface area contributed by atoms with E-state index in [1.807, 2.05) is 18.4 Å². The standard InChI is InChI=1S/C16H13ClO3S/c1-21-12-7-8-14(17)13(9-12)16(19)20-10-15(18)11-5-3-2-4-6-11/h2-9H,10H2,1H3. The summed E-state index contributed by atoms with van der Waals surface area (Å²) in [5.41, 5.74) is 0.777. The van der Waals surface area contributed by atoms with Crippen LogP contribution in [0.3, 0.4) is 0 Å². The highest BCUT2D eigenvalue weighted by Crippen LogP contribution is 2.23. The van der Waals surface area contributed by atoms with Crippen molar-refractivity contribution < 1.29 is 14.3 Å². The van der Waals surface area contributed by atoms with E-state index >= 15 is 0 Å². The summed E-state index contributed by atoms with van der Waals surface area (Å²) in [6.45, 7) is -0.303. The van der Waals surface area contributed by atoms with Crippen molar-refractivity contribution in [3.63, 3.8) is 0 Å². The Morgan fingerprint density at radius 1 is 1.14 bits per heavy atom. The van der Waals surface area contributed by atoms with E-state index < -0.39 is 5.97 Å². The van der Waals surface area contributed by atoms with E-state index in [2.05, 4.69) is 0 Å². The summed E-state index contributed by atoms with van der Waals surface area (Å²) >= 11 is 7.48. The third-order valence-electron chi connectivity index (χ3n) is 2.82. The van der Waals surface area contributed by atoms with E-state index in [-0.39, 0.29) is 18.0 Å². The molecule has 21 heavy (non-hydrogen) atoms. The lowest BCUT2D eigenvalue weighted by Crippen LogP contribution is -2.14. The molecule has 0 aliphatic heterocycles. The Kier molecular flexibility index (Phi) is 5.42. The van der Waals surface area contributed by atoms with Crippen LogP contribution in [0.15, 0.2) is 53.4 Å². The van der Waals surface area contributed by atoms with Gasteiger partial charge in [0.1, 0.15) is 0 Å². The van der Waals surface area contributed by atoms with Crippen molar-refractivity contribution in [3.05, 3.63) is 64.7 Å². The number of ketones is 1. The molecule has 0 N–H and O–H groups in total. The smallest absolute Gasteiger partial charge is 0.340 e. The lowest BCUT2D eigenvalue weighted by atomic mass is 10.1. The van der Waals surface area contributed by atoms with Gasteiger partial charge < -0.3 is 4.74 Å². The fraction of sp³-hybridized carbons (Fsp3) is 0.125. The maximum absolute atomic E-state index is 12.0. The van der Waals surface area contributed by atoms with Crippen molar-refractivity contribution in [2.45, 2.75) is 4.90 Å². The second-order valence-electron chi connectivity index (χ2n) is 4.21. The molecule has 0 spiro atoms. The quantitative estimate of drug-likeness (QED) is 0.472. The highest BCUT2D eigenvalue weighted by molar-refractivity contribution is 7.98. The lowest BCUT2D eigenvalue weighted by Gasteiger charge is -2.07. The van der Waals surface area contributed by atoms with Gasteiger partial charge in [0.2, 0.25) is 0 Å². The Balaban J connectivity index is 2.04. The van der Waals surface area contributed by atoms with Crippen LogP contribution in [0.25, 0.3) is 0 Å². The first-order valence-corrected chi connectivity index (χ1v) is 7.81. The predicted molar refractivity (Wildman–Crippen MR) is 84.3 cm³/mol. The van der Waals surface area contributed by atoms with Gasteiger partial charge >= 0.3 is 5.97 Å². The molecule has 5 heteroatoms. The first kappa shape index (κ1) is 15.6. The van der Waals surface area contributed by atoms with Crippen LogP contribution in [0, 0.1) is 0 Å². The Morgan fingerprint density at radius 3 is 2.52 bits per heavy atom. The zero-order valence-electron chi connectivity index (χ0n) is 11.3. The SMILES string of the molecule is CSc1ccc(Cl)c(C(=O)OCC(=O)c2ccccc2)c1. The van der Waals surface area contributed by atoms with E-state index in [4.69, 9.17) is 16.3 Å². The second kappa shape index (κ2) is 7.29. The van der Waals surface area contributed by atoms with Crippen molar-refractivity contribution in [2.24, 2.45) is 0 Å². The molecule has 0 fully saturated rings. The summed E-state index contributed by atoms with van der Waals surface area (Å²) in [6.07, 6.45) is 1.90. The van der Waals surface area contributed by atoms with Crippen LogP contribution in [-0.2, 0) is 4.74 Å². The molecule has 0 saturated heterocycles. The molecule has 0 saturated carbocycles. The maximum atomic E-state index is 12.0. The van der Waals surface area contributed by atoms with Crippen LogP contribution in [0.2, 0.25) is 5.02 Å². The molecule has 3 nitrogen and oxygen atoms in total. The van der Waals surface area contributed by atoms with Crippen molar-refractivity contribution in [3.8, 4) is 0 Å². The lowest BCUT2D eigenvalue weighted by molar-refractivity contribution is 0.0474. The van der Waals surface area contributed by atoms with Crippen molar-refractivity contribution in [1.82, 2.24) is 0 Å². The average Bonchev–Trinajstić information content (AvgIpc) is 2.53. The highest BCUT2D eigenvalue weighted by atomic mass is 35.5. The van der Waals surface area contributed by atoms with Gasteiger partial charge in [0.15, 0.2) is 12.4 Å². The zero-order chi connectivity index (χ0) is 15.2. The monoisotopic (exact) mass is 320 g/mol. The number of carbonyl (C=O) groups excluding carboxylic acids is 2. The molecule has 2 aromatic carbocycles. The molecule has 0 heterocycles. The summed E-state index contributed by atoms with van der Waals surface area (Å²) in [5.74, 6) is -0.846. The summed E-state index contributed by atoms with van der Waals surface area (Å²) < 4.78 is 5.04.